The first-order valence-corrected chi connectivity index (χ1v) is 15.9. The summed E-state index contributed by atoms with van der Waals surface area (Å²) >= 11 is 0. The van der Waals surface area contributed by atoms with Gasteiger partial charge in [0.1, 0.15) is 12.6 Å². The highest BCUT2D eigenvalue weighted by Gasteiger charge is 2.35. The van der Waals surface area contributed by atoms with E-state index in [1.807, 2.05) is 94.4 Å². The molecule has 4 aromatic carbocycles. The van der Waals surface area contributed by atoms with Crippen molar-refractivity contribution in [2.75, 3.05) is 17.4 Å². The van der Waals surface area contributed by atoms with Crippen molar-refractivity contribution in [3.8, 4) is 0 Å². The van der Waals surface area contributed by atoms with Crippen LogP contribution < -0.4 is 9.62 Å². The van der Waals surface area contributed by atoms with Gasteiger partial charge in [-0.15, -0.1) is 0 Å². The Hall–Kier alpha value is -4.43. The van der Waals surface area contributed by atoms with Crippen LogP contribution in [0.1, 0.15) is 34.7 Å². The summed E-state index contributed by atoms with van der Waals surface area (Å²) in [6.45, 7) is 7.62. The van der Waals surface area contributed by atoms with E-state index in [0.717, 1.165) is 27.8 Å². The van der Waals surface area contributed by atoms with Gasteiger partial charge in [0.05, 0.1) is 10.6 Å². The molecule has 0 saturated carbocycles. The summed E-state index contributed by atoms with van der Waals surface area (Å²) in [4.78, 5) is 29.7. The highest BCUT2D eigenvalue weighted by molar-refractivity contribution is 7.92. The number of carbonyl (C=O) groups is 2. The summed E-state index contributed by atoms with van der Waals surface area (Å²) in [5, 5.41) is 2.89. The quantitative estimate of drug-likeness (QED) is 0.231. The summed E-state index contributed by atoms with van der Waals surface area (Å²) < 4.78 is 29.4. The lowest BCUT2D eigenvalue weighted by atomic mass is 10.0. The fourth-order valence-corrected chi connectivity index (χ4v) is 6.63. The van der Waals surface area contributed by atoms with E-state index in [2.05, 4.69) is 5.32 Å². The Morgan fingerprint density at radius 3 is 2.05 bits per heavy atom. The number of benzene rings is 4. The van der Waals surface area contributed by atoms with E-state index in [9.17, 15) is 18.0 Å². The van der Waals surface area contributed by atoms with Gasteiger partial charge in [0.2, 0.25) is 11.8 Å². The number of hydrogen-bond acceptors (Lipinski definition) is 4. The molecule has 1 N–H and O–H groups in total. The number of hydrogen-bond donors (Lipinski definition) is 1. The number of anilines is 1. The molecule has 0 radical (unpaired) electrons. The van der Waals surface area contributed by atoms with E-state index in [-0.39, 0.29) is 23.8 Å². The molecule has 0 fully saturated rings. The number of likely N-dealkylation sites (N-methyl/N-ethyl adjacent to an activating group) is 1. The van der Waals surface area contributed by atoms with Gasteiger partial charge < -0.3 is 10.2 Å². The Morgan fingerprint density at radius 2 is 1.42 bits per heavy atom. The summed E-state index contributed by atoms with van der Waals surface area (Å²) in [5.41, 5.74) is 4.85. The molecule has 1 unspecified atom stereocenters. The van der Waals surface area contributed by atoms with Crippen molar-refractivity contribution < 1.29 is 18.0 Å². The Balaban J connectivity index is 1.82. The number of amides is 2. The summed E-state index contributed by atoms with van der Waals surface area (Å²) in [6.07, 6.45) is 0.277. The highest BCUT2D eigenvalue weighted by Crippen LogP contribution is 2.28. The minimum Gasteiger partial charge on any atom is -0.355 e. The van der Waals surface area contributed by atoms with Crippen LogP contribution in [0.2, 0.25) is 0 Å². The molecule has 0 aromatic heterocycles. The number of nitrogens with one attached hydrogen (secondary N) is 1. The second-order valence-electron chi connectivity index (χ2n) is 10.7. The Bertz CT molecular complexity index is 1660. The number of sulfonamides is 1. The van der Waals surface area contributed by atoms with Gasteiger partial charge in [0.25, 0.3) is 10.0 Å². The van der Waals surface area contributed by atoms with Crippen molar-refractivity contribution in [1.82, 2.24) is 10.2 Å². The van der Waals surface area contributed by atoms with Gasteiger partial charge in [0, 0.05) is 19.5 Å². The third-order valence-corrected chi connectivity index (χ3v) is 9.23. The van der Waals surface area contributed by atoms with E-state index < -0.39 is 28.5 Å². The molecule has 0 bridgehead atoms. The second-order valence-corrected chi connectivity index (χ2v) is 12.5. The molecule has 0 aliphatic carbocycles. The largest absolute Gasteiger partial charge is 0.355 e. The lowest BCUT2D eigenvalue weighted by Gasteiger charge is -2.34. The minimum atomic E-state index is -4.13. The Labute approximate surface area is 255 Å². The molecule has 1 atom stereocenters. The predicted molar refractivity (Wildman–Crippen MR) is 171 cm³/mol. The van der Waals surface area contributed by atoms with Gasteiger partial charge >= 0.3 is 0 Å². The average molecular weight is 598 g/mol. The van der Waals surface area contributed by atoms with Crippen LogP contribution in [-0.2, 0) is 32.6 Å². The third kappa shape index (κ3) is 7.70. The predicted octanol–water partition coefficient (Wildman–Crippen LogP) is 5.58. The molecular weight excluding hydrogens is 558 g/mol. The Kier molecular flexibility index (Phi) is 10.4. The molecule has 224 valence electrons. The zero-order valence-electron chi connectivity index (χ0n) is 25.2. The van der Waals surface area contributed by atoms with E-state index in [0.29, 0.717) is 12.2 Å². The van der Waals surface area contributed by atoms with Crippen LogP contribution in [0.3, 0.4) is 0 Å². The van der Waals surface area contributed by atoms with E-state index >= 15 is 0 Å². The lowest BCUT2D eigenvalue weighted by Crippen LogP contribution is -2.53. The molecule has 0 aliphatic heterocycles. The second kappa shape index (κ2) is 14.2. The first-order valence-electron chi connectivity index (χ1n) is 14.4. The standard InChI is InChI=1S/C35H39N3O4S/c1-5-36-35(40)33(23-29-15-8-6-9-16-29)37(24-30-17-13-12-14-27(30)3)34(39)25-38(32-21-20-26(2)22-28(32)4)43(41,42)31-18-10-7-11-19-31/h6-22,33H,5,23-25H2,1-4H3,(H,36,40). The van der Waals surface area contributed by atoms with Crippen molar-refractivity contribution in [2.24, 2.45) is 0 Å². The van der Waals surface area contributed by atoms with Crippen LogP contribution in [0.25, 0.3) is 0 Å². The Morgan fingerprint density at radius 1 is 0.791 bits per heavy atom. The summed E-state index contributed by atoms with van der Waals surface area (Å²) in [6, 6.07) is 29.9. The molecule has 43 heavy (non-hydrogen) atoms. The van der Waals surface area contributed by atoms with Crippen LogP contribution in [0, 0.1) is 20.8 Å². The molecule has 2 amide bonds. The van der Waals surface area contributed by atoms with Crippen molar-refractivity contribution >= 4 is 27.5 Å². The fourth-order valence-electron chi connectivity index (χ4n) is 5.14. The summed E-state index contributed by atoms with van der Waals surface area (Å²) in [7, 11) is -4.13. The maximum Gasteiger partial charge on any atom is 0.264 e. The van der Waals surface area contributed by atoms with Crippen molar-refractivity contribution in [1.29, 1.82) is 0 Å². The van der Waals surface area contributed by atoms with Gasteiger partial charge in [-0.2, -0.15) is 0 Å². The van der Waals surface area contributed by atoms with Crippen molar-refractivity contribution in [2.45, 2.75) is 51.6 Å². The fraction of sp³-hybridized carbons (Fsp3) is 0.257. The van der Waals surface area contributed by atoms with E-state index in [4.69, 9.17) is 0 Å². The minimum absolute atomic E-state index is 0.0813. The van der Waals surface area contributed by atoms with Crippen LogP contribution in [0.15, 0.2) is 108 Å². The lowest BCUT2D eigenvalue weighted by molar-refractivity contribution is -0.140. The molecule has 0 spiro atoms. The first-order chi connectivity index (χ1) is 20.6. The van der Waals surface area contributed by atoms with Crippen LogP contribution in [0.4, 0.5) is 5.69 Å². The maximum atomic E-state index is 14.5. The number of aryl methyl sites for hydroxylation is 3. The monoisotopic (exact) mass is 597 g/mol. The number of carbonyl (C=O) groups excluding carboxylic acids is 2. The molecule has 4 rings (SSSR count). The summed E-state index contributed by atoms with van der Waals surface area (Å²) in [5.74, 6) is -0.771. The van der Waals surface area contributed by atoms with Crippen molar-refractivity contribution in [3.05, 3.63) is 131 Å². The van der Waals surface area contributed by atoms with Crippen LogP contribution in [0.5, 0.6) is 0 Å². The van der Waals surface area contributed by atoms with Crippen LogP contribution >= 0.6 is 0 Å². The molecule has 0 aliphatic rings. The van der Waals surface area contributed by atoms with Gasteiger partial charge in [-0.1, -0.05) is 90.5 Å². The zero-order valence-corrected chi connectivity index (χ0v) is 26.0. The highest BCUT2D eigenvalue weighted by atomic mass is 32.2. The van der Waals surface area contributed by atoms with Gasteiger partial charge in [-0.05, 0) is 68.1 Å². The van der Waals surface area contributed by atoms with E-state index in [1.165, 1.54) is 21.3 Å². The van der Waals surface area contributed by atoms with E-state index in [1.54, 1.807) is 24.3 Å². The van der Waals surface area contributed by atoms with Gasteiger partial charge in [-0.25, -0.2) is 8.42 Å². The SMILES string of the molecule is CCNC(=O)C(Cc1ccccc1)N(Cc1ccccc1C)C(=O)CN(c1ccc(C)cc1C)S(=O)(=O)c1ccccc1. The number of nitrogens with zero attached hydrogens (tertiary/aromatic N) is 2. The average Bonchev–Trinajstić information content (AvgIpc) is 3.00. The first kappa shape index (κ1) is 31.5. The molecule has 0 saturated heterocycles. The normalized spacial score (nSPS) is 11.9. The van der Waals surface area contributed by atoms with Crippen molar-refractivity contribution in [3.63, 3.8) is 0 Å². The maximum absolute atomic E-state index is 14.5. The molecular formula is C35H39N3O4S. The molecule has 4 aromatic rings. The van der Waals surface area contributed by atoms with Gasteiger partial charge in [0.15, 0.2) is 0 Å². The molecule has 0 heterocycles. The zero-order chi connectivity index (χ0) is 31.0. The molecule has 7 nitrogen and oxygen atoms in total. The number of rotatable bonds is 12. The van der Waals surface area contributed by atoms with Crippen LogP contribution in [-0.4, -0.2) is 44.3 Å². The topological polar surface area (TPSA) is 86.8 Å². The smallest absolute Gasteiger partial charge is 0.264 e. The molecule has 8 heteroatoms. The van der Waals surface area contributed by atoms with Gasteiger partial charge in [-0.3, -0.25) is 13.9 Å². The third-order valence-electron chi connectivity index (χ3n) is 7.46.